The van der Waals surface area contributed by atoms with E-state index in [1.807, 2.05) is 43.3 Å². The number of carbonyl (C=O) groups is 2. The number of carboxylic acids is 1. The van der Waals surface area contributed by atoms with Gasteiger partial charge in [0.1, 0.15) is 0 Å². The van der Waals surface area contributed by atoms with Gasteiger partial charge < -0.3 is 14.9 Å². The molecule has 1 aromatic rings. The number of hydrogen-bond acceptors (Lipinski definition) is 3. The smallest absolute Gasteiger partial charge is 0.309 e. The van der Waals surface area contributed by atoms with E-state index in [2.05, 4.69) is 6.58 Å². The lowest BCUT2D eigenvalue weighted by Crippen LogP contribution is -2.30. The van der Waals surface area contributed by atoms with Gasteiger partial charge in [0.05, 0.1) is 12.0 Å². The summed E-state index contributed by atoms with van der Waals surface area (Å²) in [6, 6.07) is 7.23. The highest BCUT2D eigenvalue weighted by Gasteiger charge is 2.44. The molecule has 21 heavy (non-hydrogen) atoms. The van der Waals surface area contributed by atoms with Gasteiger partial charge in [-0.05, 0) is 17.7 Å². The van der Waals surface area contributed by atoms with Gasteiger partial charge in [0.15, 0.2) is 0 Å². The largest absolute Gasteiger partial charge is 0.481 e. The van der Waals surface area contributed by atoms with Crippen LogP contribution < -0.4 is 4.90 Å². The molecule has 1 fully saturated rings. The van der Waals surface area contributed by atoms with Crippen molar-refractivity contribution in [1.29, 1.82) is 0 Å². The molecule has 0 aliphatic carbocycles. The third-order valence-corrected chi connectivity index (χ3v) is 3.83. The molecule has 1 heterocycles. The lowest BCUT2D eigenvalue weighted by molar-refractivity contribution is -0.142. The normalized spacial score (nSPS) is 21.4. The minimum atomic E-state index is -0.934. The van der Waals surface area contributed by atoms with Gasteiger partial charge in [-0.3, -0.25) is 9.59 Å². The average molecular weight is 288 g/mol. The van der Waals surface area contributed by atoms with E-state index >= 15 is 0 Å². The summed E-state index contributed by atoms with van der Waals surface area (Å²) in [4.78, 5) is 27.1. The van der Waals surface area contributed by atoms with Gasteiger partial charge in [-0.25, -0.2) is 0 Å². The Hall–Kier alpha value is -2.30. The van der Waals surface area contributed by atoms with Crippen LogP contribution in [0.25, 0.3) is 0 Å². The highest BCUT2D eigenvalue weighted by atomic mass is 16.4. The fraction of sp³-hybridized carbons (Fsp3) is 0.375. The highest BCUT2D eigenvalue weighted by molar-refractivity contribution is 5.87. The first kappa shape index (κ1) is 15.1. The topological polar surface area (TPSA) is 60.9 Å². The molecular formula is C16H20N2O3. The monoisotopic (exact) mass is 288 g/mol. The summed E-state index contributed by atoms with van der Waals surface area (Å²) >= 11 is 0. The Morgan fingerprint density at radius 3 is 2.52 bits per heavy atom. The Labute approximate surface area is 124 Å². The molecule has 1 aromatic carbocycles. The van der Waals surface area contributed by atoms with Gasteiger partial charge >= 0.3 is 5.97 Å². The van der Waals surface area contributed by atoms with E-state index in [1.165, 1.54) is 0 Å². The van der Waals surface area contributed by atoms with E-state index in [4.69, 9.17) is 0 Å². The molecule has 2 rings (SSSR count). The number of amides is 1. The molecule has 0 radical (unpaired) electrons. The zero-order valence-corrected chi connectivity index (χ0v) is 12.3. The Morgan fingerprint density at radius 1 is 1.43 bits per heavy atom. The van der Waals surface area contributed by atoms with Gasteiger partial charge in [-0.15, -0.1) is 6.58 Å². The Bertz CT molecular complexity index is 551. The first-order chi connectivity index (χ1) is 9.95. The molecule has 0 aromatic heterocycles. The number of benzene rings is 1. The van der Waals surface area contributed by atoms with Crippen LogP contribution in [0, 0.1) is 5.92 Å². The second-order valence-corrected chi connectivity index (χ2v) is 5.41. The minimum absolute atomic E-state index is 0.0449. The third-order valence-electron chi connectivity index (χ3n) is 3.83. The molecule has 1 amide bonds. The Morgan fingerprint density at radius 2 is 2.05 bits per heavy atom. The van der Waals surface area contributed by atoms with Crippen LogP contribution in [-0.2, 0) is 9.59 Å². The maximum absolute atomic E-state index is 12.0. The van der Waals surface area contributed by atoms with Gasteiger partial charge in [0, 0.05) is 32.7 Å². The summed E-state index contributed by atoms with van der Waals surface area (Å²) in [6.45, 7) is 4.01. The molecule has 0 spiro atoms. The predicted octanol–water partition coefficient (Wildman–Crippen LogP) is 1.91. The van der Waals surface area contributed by atoms with E-state index in [0.717, 1.165) is 11.3 Å². The van der Waals surface area contributed by atoms with E-state index in [-0.39, 0.29) is 12.3 Å². The average Bonchev–Trinajstić information content (AvgIpc) is 2.77. The third kappa shape index (κ3) is 2.91. The maximum Gasteiger partial charge on any atom is 0.309 e. The Kier molecular flexibility index (Phi) is 4.31. The molecule has 1 N–H and O–H groups in total. The molecule has 1 aliphatic rings. The summed E-state index contributed by atoms with van der Waals surface area (Å²) in [5, 5.41) is 9.38. The van der Waals surface area contributed by atoms with Gasteiger partial charge in [0.25, 0.3) is 0 Å². The molecule has 5 nitrogen and oxygen atoms in total. The predicted molar refractivity (Wildman–Crippen MR) is 81.2 cm³/mol. The molecule has 1 saturated heterocycles. The second kappa shape index (κ2) is 5.99. The summed E-state index contributed by atoms with van der Waals surface area (Å²) in [7, 11) is 3.89. The fourth-order valence-electron chi connectivity index (χ4n) is 2.75. The standard InChI is InChI=1S/C16H20N2O3/c1-4-9-18-14(19)10-13(16(20)21)15(18)11-5-7-12(8-6-11)17(2)3/h4-8,13,15H,1,9-10H2,2-3H3,(H,20,21)/t13-,15+/m0/s1. The number of carbonyl (C=O) groups excluding carboxylic acids is 1. The number of hydrogen-bond donors (Lipinski definition) is 1. The van der Waals surface area contributed by atoms with Crippen molar-refractivity contribution in [2.45, 2.75) is 12.5 Å². The van der Waals surface area contributed by atoms with E-state index < -0.39 is 17.9 Å². The van der Waals surface area contributed by atoms with Crippen LogP contribution >= 0.6 is 0 Å². The molecule has 2 atom stereocenters. The number of rotatable bonds is 5. The molecule has 0 unspecified atom stereocenters. The van der Waals surface area contributed by atoms with E-state index in [9.17, 15) is 14.7 Å². The number of anilines is 1. The van der Waals surface area contributed by atoms with E-state index in [1.54, 1.807) is 11.0 Å². The van der Waals surface area contributed by atoms with Crippen LogP contribution in [0.15, 0.2) is 36.9 Å². The van der Waals surface area contributed by atoms with Crippen molar-refractivity contribution in [1.82, 2.24) is 4.90 Å². The summed E-state index contributed by atoms with van der Waals surface area (Å²) in [5.41, 5.74) is 1.88. The van der Waals surface area contributed by atoms with Gasteiger partial charge in [0.2, 0.25) is 5.91 Å². The first-order valence-corrected chi connectivity index (χ1v) is 6.86. The minimum Gasteiger partial charge on any atom is -0.481 e. The van der Waals surface area contributed by atoms with Crippen LogP contribution in [0.5, 0.6) is 0 Å². The van der Waals surface area contributed by atoms with Crippen molar-refractivity contribution < 1.29 is 14.7 Å². The van der Waals surface area contributed by atoms with Crippen LogP contribution in [0.2, 0.25) is 0 Å². The van der Waals surface area contributed by atoms with Gasteiger partial charge in [-0.1, -0.05) is 18.2 Å². The number of likely N-dealkylation sites (tertiary alicyclic amines) is 1. The zero-order chi connectivity index (χ0) is 15.6. The first-order valence-electron chi connectivity index (χ1n) is 6.86. The zero-order valence-electron chi connectivity index (χ0n) is 12.3. The number of nitrogens with zero attached hydrogens (tertiary/aromatic N) is 2. The lowest BCUT2D eigenvalue weighted by Gasteiger charge is -2.26. The summed E-state index contributed by atoms with van der Waals surface area (Å²) in [6.07, 6.45) is 1.67. The molecule has 5 heteroatoms. The number of aliphatic carboxylic acids is 1. The number of carboxylic acid groups (broad SMARTS) is 1. The van der Waals surface area contributed by atoms with Crippen molar-refractivity contribution in [3.05, 3.63) is 42.5 Å². The van der Waals surface area contributed by atoms with Crippen molar-refractivity contribution >= 4 is 17.6 Å². The maximum atomic E-state index is 12.0. The molecule has 0 bridgehead atoms. The van der Waals surface area contributed by atoms with Crippen molar-refractivity contribution in [3.63, 3.8) is 0 Å². The molecule has 112 valence electrons. The van der Waals surface area contributed by atoms with Crippen LogP contribution in [-0.4, -0.2) is 42.5 Å². The van der Waals surface area contributed by atoms with Crippen molar-refractivity contribution in [2.24, 2.45) is 5.92 Å². The molecular weight excluding hydrogens is 268 g/mol. The van der Waals surface area contributed by atoms with Crippen molar-refractivity contribution in [3.8, 4) is 0 Å². The van der Waals surface area contributed by atoms with Crippen LogP contribution in [0.1, 0.15) is 18.0 Å². The van der Waals surface area contributed by atoms with Gasteiger partial charge in [-0.2, -0.15) is 0 Å². The van der Waals surface area contributed by atoms with E-state index in [0.29, 0.717) is 6.54 Å². The Balaban J connectivity index is 2.37. The van der Waals surface area contributed by atoms with Crippen LogP contribution in [0.4, 0.5) is 5.69 Å². The summed E-state index contributed by atoms with van der Waals surface area (Å²) < 4.78 is 0. The molecule has 0 saturated carbocycles. The fourth-order valence-corrected chi connectivity index (χ4v) is 2.75. The summed E-state index contributed by atoms with van der Waals surface area (Å²) in [5.74, 6) is -1.77. The SMILES string of the molecule is C=CCN1C(=O)C[C@H](C(=O)O)[C@H]1c1ccc(N(C)C)cc1. The lowest BCUT2D eigenvalue weighted by atomic mass is 9.93. The second-order valence-electron chi connectivity index (χ2n) is 5.41. The highest BCUT2D eigenvalue weighted by Crippen LogP contribution is 2.38. The molecule has 1 aliphatic heterocycles. The van der Waals surface area contributed by atoms with Crippen LogP contribution in [0.3, 0.4) is 0 Å². The van der Waals surface area contributed by atoms with Crippen molar-refractivity contribution in [2.75, 3.05) is 25.5 Å². The quantitative estimate of drug-likeness (QED) is 0.841.